The highest BCUT2D eigenvalue weighted by Crippen LogP contribution is 2.39. The van der Waals surface area contributed by atoms with E-state index in [9.17, 15) is 9.90 Å². The third-order valence-corrected chi connectivity index (χ3v) is 7.78. The van der Waals surface area contributed by atoms with Gasteiger partial charge in [-0.3, -0.25) is 4.90 Å². The summed E-state index contributed by atoms with van der Waals surface area (Å²) in [4.78, 5) is 16.0. The third kappa shape index (κ3) is 4.77. The Morgan fingerprint density at radius 3 is 2.72 bits per heavy atom. The molecule has 1 aromatic rings. The molecule has 1 aliphatic carbocycles. The molecule has 0 bridgehead atoms. The molecule has 3 aliphatic rings. The van der Waals surface area contributed by atoms with Gasteiger partial charge in [0.15, 0.2) is 0 Å². The van der Waals surface area contributed by atoms with E-state index in [0.717, 1.165) is 62.4 Å². The van der Waals surface area contributed by atoms with E-state index in [1.165, 1.54) is 48.2 Å². The molecule has 0 amide bonds. The molecule has 1 aromatic heterocycles. The van der Waals surface area contributed by atoms with Crippen LogP contribution in [0.3, 0.4) is 0 Å². The second-order valence-corrected chi connectivity index (χ2v) is 9.61. The van der Waals surface area contributed by atoms with E-state index in [2.05, 4.69) is 35.0 Å². The van der Waals surface area contributed by atoms with E-state index in [0.29, 0.717) is 16.7 Å². The number of likely N-dealkylation sites (N-methyl/N-ethyl adjacent to an activating group) is 1. The van der Waals surface area contributed by atoms with Gasteiger partial charge in [-0.05, 0) is 74.9 Å². The summed E-state index contributed by atoms with van der Waals surface area (Å²) in [5, 5.41) is 13.4. The Balaban J connectivity index is 1.71. The Morgan fingerprint density at radius 2 is 2.03 bits per heavy atom. The van der Waals surface area contributed by atoms with Crippen LogP contribution in [0.4, 0.5) is 0 Å². The summed E-state index contributed by atoms with van der Waals surface area (Å²) >= 11 is 1.37. The van der Waals surface area contributed by atoms with Crippen LogP contribution in [0.5, 0.6) is 0 Å². The molecule has 0 unspecified atom stereocenters. The molecule has 1 saturated carbocycles. The van der Waals surface area contributed by atoms with Crippen LogP contribution in [0.25, 0.3) is 5.57 Å². The van der Waals surface area contributed by atoms with Crippen molar-refractivity contribution in [1.29, 1.82) is 0 Å². The summed E-state index contributed by atoms with van der Waals surface area (Å²) in [5.41, 5.74) is 3.72. The molecular weight excluding hydrogens is 380 g/mol. The zero-order chi connectivity index (χ0) is 20.2. The van der Waals surface area contributed by atoms with Crippen LogP contribution in [0.2, 0.25) is 0 Å². The lowest BCUT2D eigenvalue weighted by Crippen LogP contribution is -2.37. The zero-order valence-corrected chi connectivity index (χ0v) is 18.2. The number of carboxylic acids is 1. The highest BCUT2D eigenvalue weighted by Gasteiger charge is 2.29. The van der Waals surface area contributed by atoms with Crippen molar-refractivity contribution in [1.82, 2.24) is 10.2 Å². The summed E-state index contributed by atoms with van der Waals surface area (Å²) in [6.07, 6.45) is 8.17. The Kier molecular flexibility index (Phi) is 6.74. The number of carbonyl (C=O) groups is 1. The molecule has 1 saturated heterocycles. The first-order chi connectivity index (χ1) is 14.2. The SMILES string of the molecule is CCN1CCC(c2cc(C#CC3CCCC3)sc2C(=O)O)=C(C2CCNCC2)C1. The van der Waals surface area contributed by atoms with E-state index >= 15 is 0 Å². The summed E-state index contributed by atoms with van der Waals surface area (Å²) in [6.45, 7) is 7.37. The number of piperidine rings is 1. The predicted molar refractivity (Wildman–Crippen MR) is 119 cm³/mol. The normalized spacial score (nSPS) is 22.0. The van der Waals surface area contributed by atoms with Crippen LogP contribution in [-0.2, 0) is 0 Å². The van der Waals surface area contributed by atoms with E-state index in [-0.39, 0.29) is 0 Å². The van der Waals surface area contributed by atoms with Crippen LogP contribution in [-0.4, -0.2) is 48.7 Å². The first kappa shape index (κ1) is 20.7. The van der Waals surface area contributed by atoms with Gasteiger partial charge in [-0.1, -0.05) is 31.6 Å². The standard InChI is InChI=1S/C24H32N2O2S/c1-2-26-14-11-20(22(16-26)18-9-12-25-13-10-18)21-15-19(29-23(21)24(27)28)8-7-17-5-3-4-6-17/h15,17-18,25H,2-6,9-14,16H2,1H3,(H,27,28). The lowest BCUT2D eigenvalue weighted by molar-refractivity contribution is 0.0702. The molecule has 5 heteroatoms. The fourth-order valence-corrected chi connectivity index (χ4v) is 5.93. The Labute approximate surface area is 178 Å². The smallest absolute Gasteiger partial charge is 0.346 e. The highest BCUT2D eigenvalue weighted by molar-refractivity contribution is 7.14. The van der Waals surface area contributed by atoms with Crippen molar-refractivity contribution in [3.63, 3.8) is 0 Å². The third-order valence-electron chi connectivity index (χ3n) is 6.74. The van der Waals surface area contributed by atoms with Crippen molar-refractivity contribution >= 4 is 22.9 Å². The van der Waals surface area contributed by atoms with E-state index in [1.54, 1.807) is 0 Å². The maximum Gasteiger partial charge on any atom is 0.346 e. The molecule has 2 aliphatic heterocycles. The fourth-order valence-electron chi connectivity index (χ4n) is 5.05. The van der Waals surface area contributed by atoms with Crippen molar-refractivity contribution < 1.29 is 9.90 Å². The number of thiophene rings is 1. The number of aromatic carboxylic acids is 1. The average Bonchev–Trinajstić information content (AvgIpc) is 3.42. The van der Waals surface area contributed by atoms with Gasteiger partial charge < -0.3 is 10.4 Å². The first-order valence-corrected chi connectivity index (χ1v) is 12.0. The summed E-state index contributed by atoms with van der Waals surface area (Å²) in [6, 6.07) is 2.08. The number of carboxylic acid groups (broad SMARTS) is 1. The van der Waals surface area contributed by atoms with Crippen molar-refractivity contribution in [2.45, 2.75) is 51.9 Å². The van der Waals surface area contributed by atoms with Crippen LogP contribution in [0, 0.1) is 23.7 Å². The van der Waals surface area contributed by atoms with Crippen LogP contribution in [0.15, 0.2) is 11.6 Å². The molecule has 0 aromatic carbocycles. The maximum absolute atomic E-state index is 12.1. The molecule has 0 radical (unpaired) electrons. The lowest BCUT2D eigenvalue weighted by Gasteiger charge is -2.36. The van der Waals surface area contributed by atoms with Gasteiger partial charge in [-0.2, -0.15) is 0 Å². The number of rotatable bonds is 4. The summed E-state index contributed by atoms with van der Waals surface area (Å²) < 4.78 is 0. The van der Waals surface area contributed by atoms with Crippen LogP contribution >= 0.6 is 11.3 Å². The minimum absolute atomic E-state index is 0.479. The van der Waals surface area contributed by atoms with Gasteiger partial charge in [0.25, 0.3) is 0 Å². The number of nitrogens with one attached hydrogen (secondary N) is 1. The highest BCUT2D eigenvalue weighted by atomic mass is 32.1. The predicted octanol–water partition coefficient (Wildman–Crippen LogP) is 4.47. The fraction of sp³-hybridized carbons (Fsp3) is 0.625. The molecule has 0 atom stereocenters. The van der Waals surface area contributed by atoms with Gasteiger partial charge in [-0.15, -0.1) is 11.3 Å². The summed E-state index contributed by atoms with van der Waals surface area (Å²) in [5.74, 6) is 6.97. The molecule has 2 N–H and O–H groups in total. The monoisotopic (exact) mass is 412 g/mol. The van der Waals surface area contributed by atoms with Gasteiger partial charge >= 0.3 is 5.97 Å². The zero-order valence-electron chi connectivity index (χ0n) is 17.4. The number of hydrogen-bond donors (Lipinski definition) is 2. The molecular formula is C24H32N2O2S. The Hall–Kier alpha value is -1.61. The quantitative estimate of drug-likeness (QED) is 0.717. The molecule has 29 heavy (non-hydrogen) atoms. The Bertz CT molecular complexity index is 833. The maximum atomic E-state index is 12.1. The largest absolute Gasteiger partial charge is 0.477 e. The van der Waals surface area contributed by atoms with E-state index < -0.39 is 5.97 Å². The van der Waals surface area contributed by atoms with Crippen molar-refractivity contribution in [2.75, 3.05) is 32.7 Å². The second-order valence-electron chi connectivity index (χ2n) is 8.56. The van der Waals surface area contributed by atoms with Crippen LogP contribution in [0.1, 0.15) is 72.0 Å². The molecule has 4 rings (SSSR count). The second kappa shape index (κ2) is 9.47. The minimum atomic E-state index is -0.811. The van der Waals surface area contributed by atoms with E-state index in [4.69, 9.17) is 0 Å². The topological polar surface area (TPSA) is 52.6 Å². The average molecular weight is 413 g/mol. The van der Waals surface area contributed by atoms with Crippen molar-refractivity contribution in [3.8, 4) is 11.8 Å². The van der Waals surface area contributed by atoms with Crippen molar-refractivity contribution in [2.24, 2.45) is 11.8 Å². The Morgan fingerprint density at radius 1 is 1.28 bits per heavy atom. The van der Waals surface area contributed by atoms with Gasteiger partial charge in [0.2, 0.25) is 0 Å². The van der Waals surface area contributed by atoms with Gasteiger partial charge in [-0.25, -0.2) is 4.79 Å². The lowest BCUT2D eigenvalue weighted by atomic mass is 9.81. The van der Waals surface area contributed by atoms with E-state index in [1.807, 2.05) is 0 Å². The number of nitrogens with zero attached hydrogens (tertiary/aromatic N) is 1. The molecule has 4 nitrogen and oxygen atoms in total. The van der Waals surface area contributed by atoms with Gasteiger partial charge in [0, 0.05) is 24.6 Å². The van der Waals surface area contributed by atoms with Gasteiger partial charge in [0.1, 0.15) is 4.88 Å². The van der Waals surface area contributed by atoms with Crippen LogP contribution < -0.4 is 5.32 Å². The molecule has 2 fully saturated rings. The molecule has 156 valence electrons. The number of hydrogen-bond acceptors (Lipinski definition) is 4. The molecule has 3 heterocycles. The van der Waals surface area contributed by atoms with Crippen molar-refractivity contribution in [3.05, 3.63) is 27.0 Å². The van der Waals surface area contributed by atoms with Gasteiger partial charge in [0.05, 0.1) is 4.88 Å². The summed E-state index contributed by atoms with van der Waals surface area (Å²) in [7, 11) is 0. The minimum Gasteiger partial charge on any atom is -0.477 e. The molecule has 0 spiro atoms. The first-order valence-electron chi connectivity index (χ1n) is 11.2.